The molecule has 0 saturated carbocycles. The van der Waals surface area contributed by atoms with Gasteiger partial charge in [-0.3, -0.25) is 0 Å². The first-order valence-electron chi connectivity index (χ1n) is 1.75. The second-order valence-corrected chi connectivity index (χ2v) is 2.87. The second kappa shape index (κ2) is 2.43. The van der Waals surface area contributed by atoms with Crippen molar-refractivity contribution in [3.05, 3.63) is 0 Å². The summed E-state index contributed by atoms with van der Waals surface area (Å²) in [6.07, 6.45) is 0. The first-order valence-corrected chi connectivity index (χ1v) is 3.46. The summed E-state index contributed by atoms with van der Waals surface area (Å²) in [6.45, 7) is -1.93. The van der Waals surface area contributed by atoms with Gasteiger partial charge in [0.1, 0.15) is 6.67 Å². The minimum absolute atomic E-state index is 1.93. The number of alkyl halides is 2. The zero-order valence-electron chi connectivity index (χ0n) is 3.67. The van der Waals surface area contributed by atoms with E-state index in [9.17, 15) is 21.1 Å². The van der Waals surface area contributed by atoms with Gasteiger partial charge in [-0.1, -0.05) is 0 Å². The van der Waals surface area contributed by atoms with Gasteiger partial charge < -0.3 is 0 Å². The van der Waals surface area contributed by atoms with E-state index in [-0.39, 0.29) is 0 Å². The maximum absolute atomic E-state index is 11.2. The van der Waals surface area contributed by atoms with Gasteiger partial charge in [-0.05, 0) is 0 Å². The molecule has 1 unspecified atom stereocenters. The standard InChI is InChI=1S/C2H3F5Si/c3-1-2(4)8(5,6)7/h2H,1H2. The molecular weight excluding hydrogens is 147 g/mol. The van der Waals surface area contributed by atoms with E-state index in [1.54, 1.807) is 0 Å². The summed E-state index contributed by atoms with van der Waals surface area (Å²) >= 11 is 0. The van der Waals surface area contributed by atoms with E-state index < -0.39 is 21.5 Å². The fourth-order valence-electron chi connectivity index (χ4n) is 0.0875. The van der Waals surface area contributed by atoms with Crippen molar-refractivity contribution in [2.24, 2.45) is 0 Å². The summed E-state index contributed by atoms with van der Waals surface area (Å²) in [5.41, 5.74) is 0. The maximum Gasteiger partial charge on any atom is 0.655 e. The lowest BCUT2D eigenvalue weighted by molar-refractivity contribution is 0.265. The van der Waals surface area contributed by atoms with Crippen LogP contribution in [0.5, 0.6) is 0 Å². The Morgan fingerprint density at radius 1 is 1.25 bits per heavy atom. The van der Waals surface area contributed by atoms with E-state index in [0.29, 0.717) is 0 Å². The first-order chi connectivity index (χ1) is 3.48. The lowest BCUT2D eigenvalue weighted by Gasteiger charge is -2.01. The number of hydrogen-bond acceptors (Lipinski definition) is 0. The zero-order chi connectivity index (χ0) is 6.78. The average molecular weight is 150 g/mol. The quantitative estimate of drug-likeness (QED) is 0.319. The van der Waals surface area contributed by atoms with Gasteiger partial charge in [0.15, 0.2) is 0 Å². The van der Waals surface area contributed by atoms with Gasteiger partial charge in [0, 0.05) is 0 Å². The molecule has 0 fully saturated rings. The van der Waals surface area contributed by atoms with Crippen LogP contribution < -0.4 is 0 Å². The molecule has 0 spiro atoms. The van der Waals surface area contributed by atoms with Crippen molar-refractivity contribution in [2.75, 3.05) is 6.67 Å². The maximum atomic E-state index is 11.2. The highest BCUT2D eigenvalue weighted by Crippen LogP contribution is 2.16. The van der Waals surface area contributed by atoms with E-state index >= 15 is 0 Å². The van der Waals surface area contributed by atoms with Crippen LogP contribution >= 0.6 is 0 Å². The Kier molecular flexibility index (Phi) is 2.39. The van der Waals surface area contributed by atoms with Gasteiger partial charge in [0.25, 0.3) is 0 Å². The largest absolute Gasteiger partial charge is 0.655 e. The van der Waals surface area contributed by atoms with Crippen molar-refractivity contribution in [3.63, 3.8) is 0 Å². The molecule has 8 heavy (non-hydrogen) atoms. The van der Waals surface area contributed by atoms with Crippen molar-refractivity contribution in [3.8, 4) is 0 Å². The molecule has 6 heteroatoms. The number of halogens is 5. The molecule has 0 radical (unpaired) electrons. The first kappa shape index (κ1) is 7.87. The van der Waals surface area contributed by atoms with Crippen LogP contribution in [0.4, 0.5) is 21.1 Å². The highest BCUT2D eigenvalue weighted by Gasteiger charge is 2.48. The van der Waals surface area contributed by atoms with Crippen LogP contribution in [0.3, 0.4) is 0 Å². The average Bonchev–Trinajstić information content (AvgIpc) is 1.62. The van der Waals surface area contributed by atoms with Crippen LogP contribution in [0.25, 0.3) is 0 Å². The molecule has 0 rings (SSSR count). The van der Waals surface area contributed by atoms with E-state index in [1.165, 1.54) is 0 Å². The molecular formula is C2H3F5Si. The molecule has 0 aromatic carbocycles. The summed E-state index contributed by atoms with van der Waals surface area (Å²) in [5.74, 6) is -3.18. The predicted molar refractivity (Wildman–Crippen MR) is 19.9 cm³/mol. The Morgan fingerprint density at radius 2 is 1.62 bits per heavy atom. The second-order valence-electron chi connectivity index (χ2n) is 1.16. The van der Waals surface area contributed by atoms with Gasteiger partial charge in [-0.25, -0.2) is 21.1 Å². The molecule has 0 nitrogen and oxygen atoms in total. The third kappa shape index (κ3) is 2.25. The summed E-state index contributed by atoms with van der Waals surface area (Å²) in [5, 5.41) is 0. The van der Waals surface area contributed by atoms with Crippen LogP contribution in [0.2, 0.25) is 0 Å². The Morgan fingerprint density at radius 3 is 1.62 bits per heavy atom. The molecule has 50 valence electrons. The molecule has 0 aliphatic carbocycles. The third-order valence-electron chi connectivity index (χ3n) is 0.491. The van der Waals surface area contributed by atoms with E-state index in [0.717, 1.165) is 0 Å². The minimum atomic E-state index is -6.30. The summed E-state index contributed by atoms with van der Waals surface area (Å²) < 4.78 is 54.9. The molecule has 0 saturated heterocycles. The molecule has 0 aromatic rings. The molecule has 0 heterocycles. The lowest BCUT2D eigenvalue weighted by Crippen LogP contribution is -2.32. The fraction of sp³-hybridized carbons (Fsp3) is 1.00. The normalized spacial score (nSPS) is 16.1. The van der Waals surface area contributed by atoms with Gasteiger partial charge >= 0.3 is 9.08 Å². The topological polar surface area (TPSA) is 0 Å². The smallest absolute Gasteiger partial charge is 0.248 e. The lowest BCUT2D eigenvalue weighted by atomic mass is 10.9. The third-order valence-corrected chi connectivity index (χ3v) is 1.36. The van der Waals surface area contributed by atoms with Gasteiger partial charge in [-0.15, -0.1) is 0 Å². The Balaban J connectivity index is 3.62. The van der Waals surface area contributed by atoms with Crippen LogP contribution in [0, 0.1) is 0 Å². The van der Waals surface area contributed by atoms with Crippen LogP contribution in [0.15, 0.2) is 0 Å². The van der Waals surface area contributed by atoms with E-state index in [1.807, 2.05) is 0 Å². The fourth-order valence-corrected chi connectivity index (χ4v) is 0.262. The van der Waals surface area contributed by atoms with E-state index in [2.05, 4.69) is 0 Å². The zero-order valence-corrected chi connectivity index (χ0v) is 4.67. The Hall–Kier alpha value is -0.133. The number of hydrogen-bond donors (Lipinski definition) is 0. The van der Waals surface area contributed by atoms with E-state index in [4.69, 9.17) is 0 Å². The van der Waals surface area contributed by atoms with Gasteiger partial charge in [0.05, 0.1) is 0 Å². The van der Waals surface area contributed by atoms with Crippen LogP contribution in [-0.2, 0) is 0 Å². The molecule has 0 amide bonds. The Bertz CT molecular complexity index is 67.3. The molecule has 1 atom stereocenters. The SMILES string of the molecule is FCC(F)[Si](F)(F)F. The number of rotatable bonds is 2. The summed E-state index contributed by atoms with van der Waals surface area (Å²) in [6, 6.07) is 0. The van der Waals surface area contributed by atoms with Crippen LogP contribution in [-0.4, -0.2) is 21.5 Å². The predicted octanol–water partition coefficient (Wildman–Crippen LogP) is 1.68. The molecule has 0 aliphatic heterocycles. The molecule has 0 aromatic heterocycles. The van der Waals surface area contributed by atoms with Crippen molar-refractivity contribution < 1.29 is 21.1 Å². The molecule has 0 aliphatic rings. The highest BCUT2D eigenvalue weighted by molar-refractivity contribution is 6.60. The molecule has 0 N–H and O–H groups in total. The van der Waals surface area contributed by atoms with Crippen molar-refractivity contribution >= 4 is 9.08 Å². The van der Waals surface area contributed by atoms with Crippen molar-refractivity contribution in [2.45, 2.75) is 5.79 Å². The Labute approximate surface area is 43.8 Å². The summed E-state index contributed by atoms with van der Waals surface area (Å²) in [7, 11) is -6.30. The van der Waals surface area contributed by atoms with Gasteiger partial charge in [0.2, 0.25) is 5.79 Å². The molecule has 0 bridgehead atoms. The monoisotopic (exact) mass is 150 g/mol. The van der Waals surface area contributed by atoms with Gasteiger partial charge in [-0.2, -0.15) is 0 Å². The van der Waals surface area contributed by atoms with Crippen LogP contribution in [0.1, 0.15) is 0 Å². The highest BCUT2D eigenvalue weighted by atomic mass is 28.5. The summed E-state index contributed by atoms with van der Waals surface area (Å²) in [4.78, 5) is 0. The van der Waals surface area contributed by atoms with Crippen molar-refractivity contribution in [1.82, 2.24) is 0 Å². The minimum Gasteiger partial charge on any atom is -0.248 e. The van der Waals surface area contributed by atoms with Crippen molar-refractivity contribution in [1.29, 1.82) is 0 Å².